The van der Waals surface area contributed by atoms with Crippen molar-refractivity contribution in [2.45, 2.75) is 13.0 Å². The molecule has 0 spiro atoms. The summed E-state index contributed by atoms with van der Waals surface area (Å²) in [6.45, 7) is 1.79. The van der Waals surface area contributed by atoms with Gasteiger partial charge in [0.15, 0.2) is 4.80 Å². The van der Waals surface area contributed by atoms with Crippen molar-refractivity contribution in [1.82, 2.24) is 4.57 Å². The largest absolute Gasteiger partial charge is 0.497 e. The van der Waals surface area contributed by atoms with Crippen molar-refractivity contribution in [2.75, 3.05) is 38.5 Å². The summed E-state index contributed by atoms with van der Waals surface area (Å²) < 4.78 is 13.2. The van der Waals surface area contributed by atoms with Gasteiger partial charge in [-0.3, -0.25) is 14.2 Å². The first-order chi connectivity index (χ1) is 19.3. The van der Waals surface area contributed by atoms with E-state index in [4.69, 9.17) is 14.5 Å². The molecule has 4 aromatic rings. The predicted octanol–water partition coefficient (Wildman–Crippen LogP) is 3.96. The van der Waals surface area contributed by atoms with Crippen LogP contribution in [-0.2, 0) is 4.79 Å². The Bertz CT molecular complexity index is 1770. The van der Waals surface area contributed by atoms with Gasteiger partial charge in [-0.1, -0.05) is 41.7 Å². The van der Waals surface area contributed by atoms with Crippen molar-refractivity contribution < 1.29 is 14.3 Å². The molecule has 0 fully saturated rings. The van der Waals surface area contributed by atoms with Crippen molar-refractivity contribution in [3.8, 4) is 11.5 Å². The molecule has 0 radical (unpaired) electrons. The number of ether oxygens (including phenoxy) is 2. The molecule has 40 heavy (non-hydrogen) atoms. The minimum atomic E-state index is -0.765. The highest BCUT2D eigenvalue weighted by Crippen LogP contribution is 2.37. The predicted molar refractivity (Wildman–Crippen MR) is 159 cm³/mol. The molecule has 1 aliphatic rings. The summed E-state index contributed by atoms with van der Waals surface area (Å²) in [7, 11) is 7.09. The Kier molecular flexibility index (Phi) is 7.57. The first-order valence-electron chi connectivity index (χ1n) is 12.7. The Morgan fingerprint density at radius 3 is 2.40 bits per heavy atom. The maximum atomic E-state index is 14.0. The van der Waals surface area contributed by atoms with Crippen LogP contribution < -0.4 is 34.6 Å². The van der Waals surface area contributed by atoms with Gasteiger partial charge in [0.05, 0.1) is 30.0 Å². The molecule has 3 aromatic carbocycles. The van der Waals surface area contributed by atoms with Crippen LogP contribution in [0, 0.1) is 0 Å². The van der Waals surface area contributed by atoms with Crippen molar-refractivity contribution >= 4 is 34.7 Å². The van der Waals surface area contributed by atoms with Gasteiger partial charge < -0.3 is 19.7 Å². The number of amides is 1. The van der Waals surface area contributed by atoms with Gasteiger partial charge in [0.25, 0.3) is 11.5 Å². The number of thiazole rings is 1. The van der Waals surface area contributed by atoms with Gasteiger partial charge in [-0.2, -0.15) is 0 Å². The van der Waals surface area contributed by atoms with E-state index in [-0.39, 0.29) is 11.5 Å². The third-order valence-corrected chi connectivity index (χ3v) is 7.72. The van der Waals surface area contributed by atoms with Crippen molar-refractivity contribution in [1.29, 1.82) is 0 Å². The van der Waals surface area contributed by atoms with Crippen LogP contribution in [0.15, 0.2) is 93.9 Å². The molecule has 204 valence electrons. The Hall–Kier alpha value is -4.63. The molecule has 2 heterocycles. The number of nitrogens with one attached hydrogen (secondary N) is 1. The molecule has 1 N–H and O–H groups in total. The lowest BCUT2D eigenvalue weighted by atomic mass is 9.94. The molecule has 5 rings (SSSR count). The summed E-state index contributed by atoms with van der Waals surface area (Å²) in [5.41, 5.74) is 3.91. The zero-order valence-corrected chi connectivity index (χ0v) is 23.8. The standard InChI is InChI=1S/C31H30N4O4S/c1-19-27(29(36)33-21-9-7-6-8-10-21)28(24-16-15-23(38-4)18-25(24)39-5)35-30(37)26(40-31(35)32-19)17-20-11-13-22(14-12-20)34(2)3/h6-18,28H,1-5H3,(H,33,36)/b26-17-/t28-/m1/s1. The van der Waals surface area contributed by atoms with E-state index in [1.54, 1.807) is 37.8 Å². The number of methoxy groups -OCH3 is 2. The minimum Gasteiger partial charge on any atom is -0.497 e. The number of rotatable bonds is 7. The number of nitrogens with zero attached hydrogens (tertiary/aromatic N) is 3. The van der Waals surface area contributed by atoms with Crippen LogP contribution in [0.2, 0.25) is 0 Å². The second-order valence-corrected chi connectivity index (χ2v) is 10.5. The number of para-hydroxylation sites is 1. The monoisotopic (exact) mass is 554 g/mol. The summed E-state index contributed by atoms with van der Waals surface area (Å²) in [6, 6.07) is 21.8. The van der Waals surface area contributed by atoms with Gasteiger partial charge in [0.2, 0.25) is 0 Å². The normalized spacial score (nSPS) is 14.8. The van der Waals surface area contributed by atoms with Crippen LogP contribution in [0.25, 0.3) is 6.08 Å². The van der Waals surface area contributed by atoms with Crippen LogP contribution in [0.5, 0.6) is 11.5 Å². The van der Waals surface area contributed by atoms with E-state index in [1.807, 2.05) is 85.7 Å². The molecule has 9 heteroatoms. The Morgan fingerprint density at radius 1 is 1.02 bits per heavy atom. The van der Waals surface area contributed by atoms with Crippen LogP contribution in [0.4, 0.5) is 11.4 Å². The highest BCUT2D eigenvalue weighted by molar-refractivity contribution is 7.07. The van der Waals surface area contributed by atoms with Crippen molar-refractivity contribution in [3.05, 3.63) is 115 Å². The minimum absolute atomic E-state index is 0.235. The van der Waals surface area contributed by atoms with E-state index in [0.717, 1.165) is 11.3 Å². The van der Waals surface area contributed by atoms with Crippen LogP contribution in [0.3, 0.4) is 0 Å². The lowest BCUT2D eigenvalue weighted by Crippen LogP contribution is -2.40. The second kappa shape index (κ2) is 11.2. The molecule has 1 aliphatic heterocycles. The van der Waals surface area contributed by atoms with Gasteiger partial charge in [-0.05, 0) is 55.0 Å². The topological polar surface area (TPSA) is 85.2 Å². The maximum absolute atomic E-state index is 14.0. The molecule has 0 bridgehead atoms. The van der Waals surface area contributed by atoms with Gasteiger partial charge in [0, 0.05) is 37.1 Å². The smallest absolute Gasteiger partial charge is 0.271 e. The maximum Gasteiger partial charge on any atom is 0.271 e. The fourth-order valence-corrected chi connectivity index (χ4v) is 5.74. The summed E-state index contributed by atoms with van der Waals surface area (Å²) in [4.78, 5) is 35.0. The summed E-state index contributed by atoms with van der Waals surface area (Å²) in [6.07, 6.45) is 1.86. The number of aromatic nitrogens is 1. The number of benzene rings is 3. The highest BCUT2D eigenvalue weighted by Gasteiger charge is 2.34. The SMILES string of the molecule is COc1ccc([C@@H]2C(C(=O)Nc3ccccc3)=C(C)N=c3s/c(=C\c4ccc(N(C)C)cc4)c(=O)n32)c(OC)c1. The van der Waals surface area contributed by atoms with E-state index in [0.29, 0.717) is 43.4 Å². The first kappa shape index (κ1) is 27.0. The number of carbonyl (C=O) groups excluding carboxylic acids is 1. The van der Waals surface area contributed by atoms with Gasteiger partial charge >= 0.3 is 0 Å². The number of allylic oxidation sites excluding steroid dienone is 1. The van der Waals surface area contributed by atoms with Crippen LogP contribution in [0.1, 0.15) is 24.1 Å². The zero-order chi connectivity index (χ0) is 28.4. The third-order valence-electron chi connectivity index (χ3n) is 6.74. The Morgan fingerprint density at radius 2 is 1.75 bits per heavy atom. The lowest BCUT2D eigenvalue weighted by Gasteiger charge is -2.26. The average molecular weight is 555 g/mol. The highest BCUT2D eigenvalue weighted by atomic mass is 32.1. The van der Waals surface area contributed by atoms with E-state index in [9.17, 15) is 9.59 Å². The molecule has 1 amide bonds. The number of hydrogen-bond acceptors (Lipinski definition) is 7. The first-order valence-corrected chi connectivity index (χ1v) is 13.5. The average Bonchev–Trinajstić information content (AvgIpc) is 3.26. The Balaban J connectivity index is 1.69. The zero-order valence-electron chi connectivity index (χ0n) is 23.0. The molecule has 0 saturated carbocycles. The third kappa shape index (κ3) is 5.15. The van der Waals surface area contributed by atoms with Gasteiger partial charge in [0.1, 0.15) is 17.5 Å². The molecular formula is C31H30N4O4S. The summed E-state index contributed by atoms with van der Waals surface area (Å²) >= 11 is 1.29. The quantitative estimate of drug-likeness (QED) is 0.374. The number of hydrogen-bond donors (Lipinski definition) is 1. The molecule has 1 aromatic heterocycles. The van der Waals surface area contributed by atoms with Gasteiger partial charge in [-0.25, -0.2) is 4.99 Å². The molecular weight excluding hydrogens is 524 g/mol. The molecule has 8 nitrogen and oxygen atoms in total. The van der Waals surface area contributed by atoms with Crippen LogP contribution >= 0.6 is 11.3 Å². The number of anilines is 2. The Labute approximate surface area is 236 Å². The molecule has 0 unspecified atom stereocenters. The van der Waals surface area contributed by atoms with E-state index >= 15 is 0 Å². The van der Waals surface area contributed by atoms with E-state index in [2.05, 4.69) is 5.32 Å². The fourth-order valence-electron chi connectivity index (χ4n) is 4.69. The number of fused-ring (bicyclic) bond motifs is 1. The van der Waals surface area contributed by atoms with Crippen molar-refractivity contribution in [2.24, 2.45) is 4.99 Å². The fraction of sp³-hybridized carbons (Fsp3) is 0.194. The summed E-state index contributed by atoms with van der Waals surface area (Å²) in [5, 5.41) is 2.97. The molecule has 1 atom stereocenters. The lowest BCUT2D eigenvalue weighted by molar-refractivity contribution is -0.113. The number of carbonyl (C=O) groups is 1. The van der Waals surface area contributed by atoms with Crippen molar-refractivity contribution in [3.63, 3.8) is 0 Å². The molecule has 0 saturated heterocycles. The van der Waals surface area contributed by atoms with Gasteiger partial charge in [-0.15, -0.1) is 0 Å². The second-order valence-electron chi connectivity index (χ2n) is 9.50. The molecule has 0 aliphatic carbocycles. The van der Waals surface area contributed by atoms with E-state index in [1.165, 1.54) is 11.3 Å². The van der Waals surface area contributed by atoms with E-state index < -0.39 is 6.04 Å². The van der Waals surface area contributed by atoms with Crippen LogP contribution in [-0.4, -0.2) is 38.8 Å². The summed E-state index contributed by atoms with van der Waals surface area (Å²) in [5.74, 6) is 0.756.